The Hall–Kier alpha value is -1.30. The quantitative estimate of drug-likeness (QED) is 0.877. The van der Waals surface area contributed by atoms with Gasteiger partial charge in [-0.25, -0.2) is 4.98 Å². The molecule has 0 radical (unpaired) electrons. The molecule has 2 rings (SSSR count). The second-order valence-electron chi connectivity index (χ2n) is 5.66. The highest BCUT2D eigenvalue weighted by Gasteiger charge is 2.29. The number of nitrogens with zero attached hydrogens (tertiary/aromatic N) is 1. The van der Waals surface area contributed by atoms with Crippen LogP contribution in [0.15, 0.2) is 41.0 Å². The van der Waals surface area contributed by atoms with E-state index in [1.54, 1.807) is 6.26 Å². The first-order valence-corrected chi connectivity index (χ1v) is 7.72. The Labute approximate surface area is 122 Å². The SMILES string of the molecule is CC(N[S+]([O-])C(C)(C)C)c1coc(-c2ccccc2)n1. The molecule has 0 bridgehead atoms. The number of hydrogen-bond acceptors (Lipinski definition) is 4. The fraction of sp³-hybridized carbons (Fsp3) is 0.400. The van der Waals surface area contributed by atoms with Crippen LogP contribution in [0.25, 0.3) is 11.5 Å². The minimum Gasteiger partial charge on any atom is -0.598 e. The predicted molar refractivity (Wildman–Crippen MR) is 81.4 cm³/mol. The minimum atomic E-state index is -1.13. The lowest BCUT2D eigenvalue weighted by Gasteiger charge is -2.25. The highest BCUT2D eigenvalue weighted by molar-refractivity contribution is 7.90. The lowest BCUT2D eigenvalue weighted by atomic mass is 10.2. The maximum Gasteiger partial charge on any atom is 0.226 e. The van der Waals surface area contributed by atoms with E-state index in [0.717, 1.165) is 11.3 Å². The van der Waals surface area contributed by atoms with Gasteiger partial charge in [-0.1, -0.05) is 18.2 Å². The molecule has 0 fully saturated rings. The minimum absolute atomic E-state index is 0.128. The number of oxazole rings is 1. The highest BCUT2D eigenvalue weighted by Crippen LogP contribution is 2.23. The summed E-state index contributed by atoms with van der Waals surface area (Å²) >= 11 is -1.13. The Kier molecular flexibility index (Phi) is 4.52. The first kappa shape index (κ1) is 15.1. The molecule has 1 aromatic heterocycles. The third-order valence-corrected chi connectivity index (χ3v) is 4.51. The van der Waals surface area contributed by atoms with E-state index >= 15 is 0 Å². The molecule has 0 aliphatic carbocycles. The van der Waals surface area contributed by atoms with Crippen LogP contribution < -0.4 is 4.72 Å². The molecule has 0 amide bonds. The Bertz CT molecular complexity index is 549. The van der Waals surface area contributed by atoms with Gasteiger partial charge in [-0.05, 0) is 39.8 Å². The van der Waals surface area contributed by atoms with Crippen molar-refractivity contribution in [3.8, 4) is 11.5 Å². The zero-order valence-corrected chi connectivity index (χ0v) is 13.0. The van der Waals surface area contributed by atoms with E-state index in [-0.39, 0.29) is 10.8 Å². The summed E-state index contributed by atoms with van der Waals surface area (Å²) in [7, 11) is 0. The van der Waals surface area contributed by atoms with Crippen molar-refractivity contribution in [3.05, 3.63) is 42.3 Å². The van der Waals surface area contributed by atoms with Crippen LogP contribution in [0.1, 0.15) is 39.4 Å². The first-order chi connectivity index (χ1) is 9.38. The molecule has 4 nitrogen and oxygen atoms in total. The van der Waals surface area contributed by atoms with Crippen LogP contribution >= 0.6 is 0 Å². The molecule has 0 saturated carbocycles. The summed E-state index contributed by atoms with van der Waals surface area (Å²) in [6.45, 7) is 7.72. The zero-order valence-electron chi connectivity index (χ0n) is 12.2. The number of aromatic nitrogens is 1. The Morgan fingerprint density at radius 3 is 2.50 bits per heavy atom. The van der Waals surface area contributed by atoms with Crippen LogP contribution in [0.5, 0.6) is 0 Å². The van der Waals surface area contributed by atoms with Gasteiger partial charge in [0.25, 0.3) is 0 Å². The summed E-state index contributed by atoms with van der Waals surface area (Å²) in [5, 5.41) is 0. The van der Waals surface area contributed by atoms with Crippen molar-refractivity contribution in [1.82, 2.24) is 9.71 Å². The second-order valence-corrected chi connectivity index (χ2v) is 7.66. The third kappa shape index (κ3) is 3.62. The summed E-state index contributed by atoms with van der Waals surface area (Å²) in [5.41, 5.74) is 1.68. The molecule has 2 atom stereocenters. The molecule has 0 aliphatic heterocycles. The van der Waals surface area contributed by atoms with E-state index in [4.69, 9.17) is 4.42 Å². The maximum atomic E-state index is 12.1. The molecule has 20 heavy (non-hydrogen) atoms. The summed E-state index contributed by atoms with van der Waals surface area (Å²) in [6, 6.07) is 9.59. The largest absolute Gasteiger partial charge is 0.598 e. The fourth-order valence-corrected chi connectivity index (χ4v) is 2.39. The molecule has 0 aliphatic rings. The van der Waals surface area contributed by atoms with Crippen LogP contribution in [-0.4, -0.2) is 14.3 Å². The van der Waals surface area contributed by atoms with Gasteiger partial charge in [0.05, 0.1) is 6.04 Å². The van der Waals surface area contributed by atoms with Gasteiger partial charge < -0.3 is 8.97 Å². The number of rotatable bonds is 4. The van der Waals surface area contributed by atoms with Gasteiger partial charge in [0.1, 0.15) is 16.7 Å². The molecule has 0 saturated heterocycles. The van der Waals surface area contributed by atoms with Gasteiger partial charge in [0.15, 0.2) is 0 Å². The molecule has 0 spiro atoms. The van der Waals surface area contributed by atoms with E-state index in [0.29, 0.717) is 5.89 Å². The number of hydrogen-bond donors (Lipinski definition) is 1. The lowest BCUT2D eigenvalue weighted by Crippen LogP contribution is -2.40. The van der Waals surface area contributed by atoms with E-state index in [2.05, 4.69) is 9.71 Å². The van der Waals surface area contributed by atoms with Crippen molar-refractivity contribution in [2.45, 2.75) is 38.5 Å². The van der Waals surface area contributed by atoms with Crippen molar-refractivity contribution in [1.29, 1.82) is 0 Å². The molecule has 1 N–H and O–H groups in total. The van der Waals surface area contributed by atoms with Crippen LogP contribution in [0, 0.1) is 0 Å². The lowest BCUT2D eigenvalue weighted by molar-refractivity contribution is 0.527. The topological polar surface area (TPSA) is 61.1 Å². The fourth-order valence-electron chi connectivity index (χ4n) is 1.60. The number of benzene rings is 1. The van der Waals surface area contributed by atoms with E-state index in [1.165, 1.54) is 0 Å². The van der Waals surface area contributed by atoms with Crippen molar-refractivity contribution in [3.63, 3.8) is 0 Å². The Morgan fingerprint density at radius 2 is 1.90 bits per heavy atom. The summed E-state index contributed by atoms with van der Waals surface area (Å²) < 4.78 is 20.3. The van der Waals surface area contributed by atoms with Gasteiger partial charge >= 0.3 is 0 Å². The summed E-state index contributed by atoms with van der Waals surface area (Å²) in [4.78, 5) is 4.45. The molecule has 108 valence electrons. The normalized spacial score (nSPS) is 15.1. The van der Waals surface area contributed by atoms with Gasteiger partial charge in [-0.3, -0.25) is 0 Å². The van der Waals surface area contributed by atoms with Crippen molar-refractivity contribution in [2.75, 3.05) is 0 Å². The van der Waals surface area contributed by atoms with Crippen molar-refractivity contribution < 1.29 is 8.97 Å². The molecule has 1 heterocycles. The average Bonchev–Trinajstić information content (AvgIpc) is 2.88. The van der Waals surface area contributed by atoms with Gasteiger partial charge in [0, 0.05) is 16.9 Å². The molecule has 2 unspecified atom stereocenters. The van der Waals surface area contributed by atoms with Crippen LogP contribution in [0.3, 0.4) is 0 Å². The van der Waals surface area contributed by atoms with E-state index < -0.39 is 11.4 Å². The van der Waals surface area contributed by atoms with E-state index in [1.807, 2.05) is 58.0 Å². The van der Waals surface area contributed by atoms with Crippen LogP contribution in [0.4, 0.5) is 0 Å². The molecule has 1 aromatic carbocycles. The zero-order chi connectivity index (χ0) is 14.8. The van der Waals surface area contributed by atoms with Gasteiger partial charge in [-0.15, -0.1) is 4.72 Å². The third-order valence-electron chi connectivity index (χ3n) is 2.83. The molecular formula is C15H20N2O2S. The van der Waals surface area contributed by atoms with Crippen LogP contribution in [0.2, 0.25) is 0 Å². The average molecular weight is 292 g/mol. The highest BCUT2D eigenvalue weighted by atomic mass is 32.2. The predicted octanol–water partition coefficient (Wildman–Crippen LogP) is 3.45. The Balaban J connectivity index is 2.09. The van der Waals surface area contributed by atoms with E-state index in [9.17, 15) is 4.55 Å². The molecular weight excluding hydrogens is 272 g/mol. The summed E-state index contributed by atoms with van der Waals surface area (Å²) in [6.07, 6.45) is 1.61. The molecule has 5 heteroatoms. The monoisotopic (exact) mass is 292 g/mol. The Morgan fingerprint density at radius 1 is 1.25 bits per heavy atom. The second kappa shape index (κ2) is 5.99. The summed E-state index contributed by atoms with van der Waals surface area (Å²) in [5.74, 6) is 0.579. The first-order valence-electron chi connectivity index (χ1n) is 6.57. The smallest absolute Gasteiger partial charge is 0.226 e. The van der Waals surface area contributed by atoms with Gasteiger partial charge in [0.2, 0.25) is 5.89 Å². The number of nitrogens with one attached hydrogen (secondary N) is 1. The van der Waals surface area contributed by atoms with Crippen molar-refractivity contribution in [2.24, 2.45) is 0 Å². The maximum absolute atomic E-state index is 12.1. The van der Waals surface area contributed by atoms with Crippen molar-refractivity contribution >= 4 is 11.4 Å². The van der Waals surface area contributed by atoms with Crippen LogP contribution in [-0.2, 0) is 11.4 Å². The molecule has 2 aromatic rings. The standard InChI is InChI=1S/C15H20N2O2S/c1-11(17-20(18)15(2,3)4)13-10-19-14(16-13)12-8-6-5-7-9-12/h5-11,17H,1-4H3. The van der Waals surface area contributed by atoms with Gasteiger partial charge in [-0.2, -0.15) is 0 Å².